The molecule has 1 aromatic heterocycles. The van der Waals surface area contributed by atoms with Crippen LogP contribution >= 0.6 is 0 Å². The number of non-ortho nitro benzene ring substituents is 1. The van der Waals surface area contributed by atoms with Crippen LogP contribution in [-0.2, 0) is 4.79 Å². The Kier molecular flexibility index (Phi) is 6.11. The number of ether oxygens (including phenoxy) is 2. The number of methoxy groups -OCH3 is 2. The van der Waals surface area contributed by atoms with Gasteiger partial charge in [-0.1, -0.05) is 0 Å². The number of carbonyl (C=O) groups is 1. The van der Waals surface area contributed by atoms with Gasteiger partial charge in [-0.2, -0.15) is 5.10 Å². The van der Waals surface area contributed by atoms with Gasteiger partial charge in [0.05, 0.1) is 30.5 Å². The van der Waals surface area contributed by atoms with E-state index in [4.69, 9.17) is 9.47 Å². The van der Waals surface area contributed by atoms with E-state index in [0.29, 0.717) is 34.3 Å². The lowest BCUT2D eigenvalue weighted by Gasteiger charge is -2.08. The van der Waals surface area contributed by atoms with E-state index in [0.717, 1.165) is 0 Å². The van der Waals surface area contributed by atoms with Crippen LogP contribution in [0, 0.1) is 17.0 Å². The molecule has 1 heterocycles. The smallest absolute Gasteiger partial charge is 0.269 e. The molecule has 0 aliphatic rings. The van der Waals surface area contributed by atoms with Crippen LogP contribution in [0.25, 0.3) is 11.8 Å². The highest BCUT2D eigenvalue weighted by molar-refractivity contribution is 6.01. The van der Waals surface area contributed by atoms with Gasteiger partial charge in [0.2, 0.25) is 5.91 Å². The van der Waals surface area contributed by atoms with Crippen LogP contribution in [0.15, 0.2) is 54.6 Å². The fraction of sp³-hybridized carbons (Fsp3) is 0.143. The Bertz CT molecular complexity index is 1100. The van der Waals surface area contributed by atoms with Crippen LogP contribution in [0.1, 0.15) is 11.3 Å². The van der Waals surface area contributed by atoms with Crippen LogP contribution < -0.4 is 14.8 Å². The molecule has 9 nitrogen and oxygen atoms in total. The molecule has 3 rings (SSSR count). The Morgan fingerprint density at radius 3 is 2.50 bits per heavy atom. The molecule has 0 aliphatic carbocycles. The monoisotopic (exact) mass is 408 g/mol. The zero-order chi connectivity index (χ0) is 21.7. The topological polar surface area (TPSA) is 109 Å². The van der Waals surface area contributed by atoms with E-state index in [9.17, 15) is 14.9 Å². The van der Waals surface area contributed by atoms with Crippen molar-refractivity contribution in [2.45, 2.75) is 6.92 Å². The van der Waals surface area contributed by atoms with Gasteiger partial charge in [-0.3, -0.25) is 14.9 Å². The Labute approximate surface area is 172 Å². The summed E-state index contributed by atoms with van der Waals surface area (Å²) in [6.07, 6.45) is 3.01. The molecule has 0 radical (unpaired) electrons. The summed E-state index contributed by atoms with van der Waals surface area (Å²) in [5.41, 5.74) is 1.97. The highest BCUT2D eigenvalue weighted by Gasteiger charge is 2.12. The summed E-state index contributed by atoms with van der Waals surface area (Å²) in [6, 6.07) is 12.9. The third-order valence-corrected chi connectivity index (χ3v) is 4.24. The normalized spacial score (nSPS) is 10.8. The van der Waals surface area contributed by atoms with Gasteiger partial charge in [-0.25, -0.2) is 4.68 Å². The minimum absolute atomic E-state index is 0.0235. The van der Waals surface area contributed by atoms with Crippen LogP contribution in [0.5, 0.6) is 11.5 Å². The molecule has 3 aromatic rings. The van der Waals surface area contributed by atoms with Crippen LogP contribution in [0.3, 0.4) is 0 Å². The third-order valence-electron chi connectivity index (χ3n) is 4.24. The number of nitrogens with one attached hydrogen (secondary N) is 1. The summed E-state index contributed by atoms with van der Waals surface area (Å²) in [5.74, 6) is 1.30. The molecule has 0 spiro atoms. The summed E-state index contributed by atoms with van der Waals surface area (Å²) in [5, 5.41) is 18.0. The molecule has 2 aromatic carbocycles. The highest BCUT2D eigenvalue weighted by Crippen LogP contribution is 2.26. The van der Waals surface area contributed by atoms with E-state index >= 15 is 0 Å². The minimum atomic E-state index is -0.473. The van der Waals surface area contributed by atoms with Gasteiger partial charge in [-0.05, 0) is 37.3 Å². The first-order valence-corrected chi connectivity index (χ1v) is 8.94. The minimum Gasteiger partial charge on any atom is -0.497 e. The number of amides is 1. The molecule has 0 fully saturated rings. The van der Waals surface area contributed by atoms with E-state index < -0.39 is 4.92 Å². The Morgan fingerprint density at radius 1 is 1.13 bits per heavy atom. The molecule has 0 saturated carbocycles. The molecule has 30 heavy (non-hydrogen) atoms. The summed E-state index contributed by atoms with van der Waals surface area (Å²) in [4.78, 5) is 22.8. The van der Waals surface area contributed by atoms with E-state index in [-0.39, 0.29) is 11.6 Å². The van der Waals surface area contributed by atoms with E-state index in [2.05, 4.69) is 10.4 Å². The SMILES string of the molecule is COc1ccc(/C=C/C(=O)Nc2cc(C)nn2-c2ccc([N+](=O)[O-])cc2)c(OC)c1. The summed E-state index contributed by atoms with van der Waals surface area (Å²) >= 11 is 0. The number of rotatable bonds is 7. The number of anilines is 1. The number of benzene rings is 2. The van der Waals surface area contributed by atoms with Gasteiger partial charge in [-0.15, -0.1) is 0 Å². The number of nitrogens with zero attached hydrogens (tertiary/aromatic N) is 3. The van der Waals surface area contributed by atoms with Crippen LogP contribution in [0.4, 0.5) is 11.5 Å². The summed E-state index contributed by atoms with van der Waals surface area (Å²) in [6.45, 7) is 1.79. The molecule has 1 amide bonds. The Hall–Kier alpha value is -4.14. The number of hydrogen-bond acceptors (Lipinski definition) is 6. The zero-order valence-corrected chi connectivity index (χ0v) is 16.7. The molecular formula is C21H20N4O5. The standard InChI is InChI=1S/C21H20N4O5/c1-14-12-20(24(23-14)16-6-8-17(9-7-16)25(27)28)22-21(26)11-5-15-4-10-18(29-2)13-19(15)30-3/h4-13H,1-3H3,(H,22,26)/b11-5+. The molecule has 154 valence electrons. The number of carbonyl (C=O) groups excluding carboxylic acids is 1. The second-order valence-corrected chi connectivity index (χ2v) is 6.29. The van der Waals surface area contributed by atoms with Gasteiger partial charge in [0.25, 0.3) is 5.69 Å². The number of nitro benzene ring substituents is 1. The molecule has 0 atom stereocenters. The first kappa shape index (κ1) is 20.6. The number of aryl methyl sites for hydroxylation is 1. The van der Waals surface area contributed by atoms with Crippen molar-refractivity contribution in [3.8, 4) is 17.2 Å². The number of hydrogen-bond donors (Lipinski definition) is 1. The van der Waals surface area contributed by atoms with Gasteiger partial charge < -0.3 is 14.8 Å². The number of nitro groups is 1. The summed E-state index contributed by atoms with van der Waals surface area (Å²) < 4.78 is 12.0. The van der Waals surface area contributed by atoms with Crippen LogP contribution in [-0.4, -0.2) is 34.8 Å². The fourth-order valence-electron chi connectivity index (χ4n) is 2.79. The largest absolute Gasteiger partial charge is 0.497 e. The van der Waals surface area contributed by atoms with Crippen molar-refractivity contribution >= 4 is 23.5 Å². The van der Waals surface area contributed by atoms with Crippen molar-refractivity contribution in [1.29, 1.82) is 0 Å². The maximum absolute atomic E-state index is 12.5. The maximum atomic E-state index is 12.5. The van der Waals surface area contributed by atoms with Gasteiger partial charge >= 0.3 is 0 Å². The molecular weight excluding hydrogens is 388 g/mol. The molecule has 0 aliphatic heterocycles. The highest BCUT2D eigenvalue weighted by atomic mass is 16.6. The average molecular weight is 408 g/mol. The lowest BCUT2D eigenvalue weighted by Crippen LogP contribution is -2.12. The van der Waals surface area contributed by atoms with E-state index in [1.54, 1.807) is 56.5 Å². The molecule has 0 unspecified atom stereocenters. The van der Waals surface area contributed by atoms with Gasteiger partial charge in [0.15, 0.2) is 0 Å². The number of aromatic nitrogens is 2. The van der Waals surface area contributed by atoms with Crippen molar-refractivity contribution in [3.63, 3.8) is 0 Å². The Morgan fingerprint density at radius 2 is 1.87 bits per heavy atom. The van der Waals surface area contributed by atoms with E-state index in [1.165, 1.54) is 30.0 Å². The molecule has 9 heteroatoms. The predicted octanol–water partition coefficient (Wildman–Crippen LogP) is 3.76. The lowest BCUT2D eigenvalue weighted by molar-refractivity contribution is -0.384. The van der Waals surface area contributed by atoms with Gasteiger partial charge in [0, 0.05) is 35.9 Å². The van der Waals surface area contributed by atoms with E-state index in [1.807, 2.05) is 0 Å². The van der Waals surface area contributed by atoms with Gasteiger partial charge in [0.1, 0.15) is 17.3 Å². The first-order valence-electron chi connectivity index (χ1n) is 8.94. The Balaban J connectivity index is 1.79. The maximum Gasteiger partial charge on any atom is 0.269 e. The molecule has 1 N–H and O–H groups in total. The summed E-state index contributed by atoms with van der Waals surface area (Å²) in [7, 11) is 3.10. The second-order valence-electron chi connectivity index (χ2n) is 6.29. The molecule has 0 saturated heterocycles. The second kappa shape index (κ2) is 8.91. The first-order chi connectivity index (χ1) is 14.4. The average Bonchev–Trinajstić information content (AvgIpc) is 3.11. The van der Waals surface area contributed by atoms with Crippen molar-refractivity contribution in [1.82, 2.24) is 9.78 Å². The van der Waals surface area contributed by atoms with Crippen LogP contribution in [0.2, 0.25) is 0 Å². The lowest BCUT2D eigenvalue weighted by atomic mass is 10.1. The molecule has 0 bridgehead atoms. The zero-order valence-electron chi connectivity index (χ0n) is 16.7. The van der Waals surface area contributed by atoms with Crippen molar-refractivity contribution in [3.05, 3.63) is 76.0 Å². The third kappa shape index (κ3) is 4.64. The van der Waals surface area contributed by atoms with Crippen molar-refractivity contribution in [2.24, 2.45) is 0 Å². The van der Waals surface area contributed by atoms with Crippen molar-refractivity contribution < 1.29 is 19.2 Å². The fourth-order valence-corrected chi connectivity index (χ4v) is 2.79. The van der Waals surface area contributed by atoms with Crippen molar-refractivity contribution in [2.75, 3.05) is 19.5 Å². The predicted molar refractivity (Wildman–Crippen MR) is 112 cm³/mol. The quantitative estimate of drug-likeness (QED) is 0.362.